The predicted octanol–water partition coefficient (Wildman–Crippen LogP) is 4.84. The Morgan fingerprint density at radius 1 is 0.926 bits per heavy atom. The molecule has 5 heteroatoms. The summed E-state index contributed by atoms with van der Waals surface area (Å²) in [5.41, 5.74) is 4.50. The Kier molecular flexibility index (Phi) is 5.61. The topological polar surface area (TPSA) is 71.1 Å². The summed E-state index contributed by atoms with van der Waals surface area (Å²) in [7, 11) is 0. The number of para-hydroxylation sites is 1. The molecule has 5 nitrogen and oxygen atoms in total. The van der Waals surface area contributed by atoms with Crippen LogP contribution in [-0.2, 0) is 6.42 Å². The quantitative estimate of drug-likeness (QED) is 0.618. The van der Waals surface area contributed by atoms with Crippen LogP contribution < -0.4 is 10.6 Å². The van der Waals surface area contributed by atoms with Gasteiger partial charge in [0.2, 0.25) is 0 Å². The highest BCUT2D eigenvalue weighted by molar-refractivity contribution is 6.03. The summed E-state index contributed by atoms with van der Waals surface area (Å²) in [4.78, 5) is 28.0. The molecule has 0 unspecified atom stereocenters. The third-order valence-corrected chi connectivity index (χ3v) is 4.22. The summed E-state index contributed by atoms with van der Waals surface area (Å²) >= 11 is 0. The lowest BCUT2D eigenvalue weighted by molar-refractivity contribution is 0.101. The lowest BCUT2D eigenvalue weighted by atomic mass is 10.1. The van der Waals surface area contributed by atoms with Crippen LogP contribution in [-0.4, -0.2) is 16.7 Å². The molecule has 1 aromatic heterocycles. The molecule has 0 aliphatic rings. The summed E-state index contributed by atoms with van der Waals surface area (Å²) < 4.78 is 0. The fourth-order valence-corrected chi connectivity index (χ4v) is 2.69. The van der Waals surface area contributed by atoms with E-state index in [4.69, 9.17) is 0 Å². The lowest BCUT2D eigenvalue weighted by Crippen LogP contribution is -2.14. The number of carbonyl (C=O) groups excluding carboxylic acids is 2. The minimum absolute atomic E-state index is 0.0308. The number of hydrogen-bond acceptors (Lipinski definition) is 4. The van der Waals surface area contributed by atoms with Gasteiger partial charge in [-0.2, -0.15) is 0 Å². The molecule has 0 radical (unpaired) electrons. The highest BCUT2D eigenvalue weighted by Gasteiger charge is 2.10. The maximum atomic E-state index is 12.4. The van der Waals surface area contributed by atoms with Gasteiger partial charge >= 0.3 is 0 Å². The van der Waals surface area contributed by atoms with Crippen LogP contribution in [0.3, 0.4) is 0 Å². The molecule has 0 saturated heterocycles. The first-order chi connectivity index (χ1) is 13.1. The van der Waals surface area contributed by atoms with Crippen LogP contribution in [0.25, 0.3) is 0 Å². The van der Waals surface area contributed by atoms with Crippen molar-refractivity contribution in [2.75, 3.05) is 10.6 Å². The van der Waals surface area contributed by atoms with Gasteiger partial charge in [0.15, 0.2) is 5.78 Å². The van der Waals surface area contributed by atoms with Crippen LogP contribution in [0, 0.1) is 0 Å². The summed E-state index contributed by atoms with van der Waals surface area (Å²) in [5, 5.41) is 6.11. The van der Waals surface area contributed by atoms with Crippen LogP contribution in [0.2, 0.25) is 0 Å². The maximum absolute atomic E-state index is 12.4. The molecule has 2 N–H and O–H groups in total. The van der Waals surface area contributed by atoms with Gasteiger partial charge < -0.3 is 10.6 Å². The van der Waals surface area contributed by atoms with Crippen molar-refractivity contribution in [2.45, 2.75) is 20.3 Å². The molecular formula is C22H21N3O2. The van der Waals surface area contributed by atoms with Gasteiger partial charge in [0.25, 0.3) is 5.91 Å². The van der Waals surface area contributed by atoms with Crippen molar-refractivity contribution in [3.8, 4) is 0 Å². The predicted molar refractivity (Wildman–Crippen MR) is 108 cm³/mol. The van der Waals surface area contributed by atoms with Crippen LogP contribution in [0.15, 0.2) is 66.9 Å². The Morgan fingerprint density at radius 2 is 1.63 bits per heavy atom. The number of hydrogen-bond donors (Lipinski definition) is 2. The number of aromatic nitrogens is 1. The molecule has 0 aliphatic heterocycles. The first-order valence-corrected chi connectivity index (χ1v) is 8.80. The molecular weight excluding hydrogens is 338 g/mol. The molecule has 2 aromatic carbocycles. The minimum Gasteiger partial charge on any atom is -0.354 e. The van der Waals surface area contributed by atoms with E-state index in [0.717, 1.165) is 29.0 Å². The van der Waals surface area contributed by atoms with Crippen molar-refractivity contribution in [1.82, 2.24) is 4.98 Å². The SMILES string of the molecule is CCc1ccccc1NC(=O)c1ccc(Nc2ccc(C(C)=O)cc2)cn1. The maximum Gasteiger partial charge on any atom is 0.274 e. The molecule has 0 atom stereocenters. The van der Waals surface area contributed by atoms with Gasteiger partial charge in [-0.15, -0.1) is 0 Å². The number of benzene rings is 2. The number of amides is 1. The number of rotatable bonds is 6. The monoisotopic (exact) mass is 359 g/mol. The fourth-order valence-electron chi connectivity index (χ4n) is 2.69. The average molecular weight is 359 g/mol. The number of nitrogens with one attached hydrogen (secondary N) is 2. The normalized spacial score (nSPS) is 10.3. The van der Waals surface area contributed by atoms with Crippen molar-refractivity contribution in [2.24, 2.45) is 0 Å². The van der Waals surface area contributed by atoms with Crippen molar-refractivity contribution >= 4 is 28.8 Å². The first-order valence-electron chi connectivity index (χ1n) is 8.80. The number of Topliss-reactive ketones (excluding diaryl/α,β-unsaturated/α-hetero) is 1. The number of pyridine rings is 1. The van der Waals surface area contributed by atoms with E-state index in [-0.39, 0.29) is 11.7 Å². The third-order valence-electron chi connectivity index (χ3n) is 4.22. The summed E-state index contributed by atoms with van der Waals surface area (Å²) in [6, 6.07) is 18.4. The van der Waals surface area contributed by atoms with E-state index in [1.165, 1.54) is 6.92 Å². The standard InChI is InChI=1S/C22H21N3O2/c1-3-16-6-4-5-7-20(16)25-22(27)21-13-12-19(14-23-21)24-18-10-8-17(9-11-18)15(2)26/h4-14,24H,3H2,1-2H3,(H,25,27). The molecule has 1 heterocycles. The van der Waals surface area contributed by atoms with E-state index in [2.05, 4.69) is 15.6 Å². The van der Waals surface area contributed by atoms with E-state index in [9.17, 15) is 9.59 Å². The summed E-state index contributed by atoms with van der Waals surface area (Å²) in [6.45, 7) is 3.59. The van der Waals surface area contributed by atoms with Crippen LogP contribution in [0.1, 0.15) is 40.3 Å². The van der Waals surface area contributed by atoms with Crippen molar-refractivity contribution < 1.29 is 9.59 Å². The highest BCUT2D eigenvalue weighted by atomic mass is 16.2. The van der Waals surface area contributed by atoms with Crippen LogP contribution in [0.4, 0.5) is 17.1 Å². The Bertz CT molecular complexity index is 948. The Hall–Kier alpha value is -3.47. The molecule has 3 rings (SSSR count). The van der Waals surface area contributed by atoms with Crippen molar-refractivity contribution in [3.05, 3.63) is 83.7 Å². The smallest absolute Gasteiger partial charge is 0.274 e. The number of carbonyl (C=O) groups is 2. The van der Waals surface area contributed by atoms with Crippen LogP contribution >= 0.6 is 0 Å². The Labute approximate surface area is 158 Å². The minimum atomic E-state index is -0.242. The van der Waals surface area contributed by atoms with E-state index in [0.29, 0.717) is 11.3 Å². The van der Waals surface area contributed by atoms with Gasteiger partial charge in [0.05, 0.1) is 11.9 Å². The molecule has 0 fully saturated rings. The molecule has 0 bridgehead atoms. The second kappa shape index (κ2) is 8.27. The second-order valence-corrected chi connectivity index (χ2v) is 6.16. The van der Waals surface area contributed by atoms with Gasteiger partial charge in [0.1, 0.15) is 5.69 Å². The Balaban J connectivity index is 1.67. The fraction of sp³-hybridized carbons (Fsp3) is 0.136. The van der Waals surface area contributed by atoms with Gasteiger partial charge in [-0.25, -0.2) is 4.98 Å². The molecule has 0 spiro atoms. The molecule has 1 amide bonds. The molecule has 27 heavy (non-hydrogen) atoms. The van der Waals surface area contributed by atoms with E-state index in [1.54, 1.807) is 30.5 Å². The lowest BCUT2D eigenvalue weighted by Gasteiger charge is -2.10. The largest absolute Gasteiger partial charge is 0.354 e. The van der Waals surface area contributed by atoms with Gasteiger partial charge in [-0.05, 0) is 61.4 Å². The molecule has 0 aliphatic carbocycles. The number of anilines is 3. The zero-order valence-corrected chi connectivity index (χ0v) is 15.3. The third kappa shape index (κ3) is 4.58. The zero-order valence-electron chi connectivity index (χ0n) is 15.3. The molecule has 3 aromatic rings. The molecule has 0 saturated carbocycles. The van der Waals surface area contributed by atoms with Crippen molar-refractivity contribution in [1.29, 1.82) is 0 Å². The van der Waals surface area contributed by atoms with E-state index in [1.807, 2.05) is 43.3 Å². The Morgan fingerprint density at radius 3 is 2.26 bits per heavy atom. The highest BCUT2D eigenvalue weighted by Crippen LogP contribution is 2.19. The van der Waals surface area contributed by atoms with Crippen LogP contribution in [0.5, 0.6) is 0 Å². The first kappa shape index (κ1) is 18.3. The number of ketones is 1. The summed E-state index contributed by atoms with van der Waals surface area (Å²) in [5.74, 6) is -0.212. The number of nitrogens with zero attached hydrogens (tertiary/aromatic N) is 1. The van der Waals surface area contributed by atoms with Gasteiger partial charge in [-0.3, -0.25) is 9.59 Å². The van der Waals surface area contributed by atoms with Gasteiger partial charge in [0, 0.05) is 16.9 Å². The average Bonchev–Trinajstić information content (AvgIpc) is 2.69. The number of aryl methyl sites for hydroxylation is 1. The van der Waals surface area contributed by atoms with E-state index < -0.39 is 0 Å². The zero-order chi connectivity index (χ0) is 19.2. The summed E-state index contributed by atoms with van der Waals surface area (Å²) in [6.07, 6.45) is 2.45. The second-order valence-electron chi connectivity index (χ2n) is 6.16. The van der Waals surface area contributed by atoms with Gasteiger partial charge in [-0.1, -0.05) is 25.1 Å². The van der Waals surface area contributed by atoms with E-state index >= 15 is 0 Å². The van der Waals surface area contributed by atoms with Crippen molar-refractivity contribution in [3.63, 3.8) is 0 Å². The molecule has 136 valence electrons.